The van der Waals surface area contributed by atoms with E-state index in [1.807, 2.05) is 12.1 Å². The molecular weight excluding hydrogens is 877 g/mol. The molecule has 0 spiro atoms. The number of hydrogen-bond acceptors (Lipinski definition) is 3. The predicted molar refractivity (Wildman–Crippen MR) is 301 cm³/mol. The van der Waals surface area contributed by atoms with Crippen LogP contribution in [-0.2, 0) is 0 Å². The van der Waals surface area contributed by atoms with Crippen LogP contribution in [0.4, 0.5) is 17.1 Å². The molecule has 0 amide bonds. The molecule has 0 atom stereocenters. The molecule has 4 heteroatoms. The number of fused-ring (bicyclic) bond motifs is 12. The van der Waals surface area contributed by atoms with Gasteiger partial charge in [-0.15, -0.1) is 0 Å². The molecule has 3 aromatic heterocycles. The summed E-state index contributed by atoms with van der Waals surface area (Å²) in [5.41, 5.74) is 16.5. The van der Waals surface area contributed by atoms with Crippen molar-refractivity contribution in [3.8, 4) is 39.1 Å². The summed E-state index contributed by atoms with van der Waals surface area (Å²) in [6.45, 7) is 0. The van der Waals surface area contributed by atoms with Gasteiger partial charge in [0.25, 0.3) is 0 Å². The number of benzene rings is 12. The summed E-state index contributed by atoms with van der Waals surface area (Å²) >= 11 is 0. The number of para-hydroxylation sites is 6. The fraction of sp³-hybridized carbons (Fsp3) is 0. The van der Waals surface area contributed by atoms with Crippen molar-refractivity contribution in [1.82, 2.24) is 4.57 Å². The number of hydrogen-bond donors (Lipinski definition) is 0. The second-order valence-corrected chi connectivity index (χ2v) is 18.7. The molecule has 0 saturated carbocycles. The molecular formula is C68H42N2O2. The Morgan fingerprint density at radius 3 is 1.54 bits per heavy atom. The van der Waals surface area contributed by atoms with Gasteiger partial charge in [-0.2, -0.15) is 0 Å². The van der Waals surface area contributed by atoms with Gasteiger partial charge in [0.1, 0.15) is 22.3 Å². The Labute approximate surface area is 414 Å². The van der Waals surface area contributed by atoms with Crippen LogP contribution in [0.5, 0.6) is 0 Å². The van der Waals surface area contributed by atoms with Crippen molar-refractivity contribution in [3.05, 3.63) is 255 Å². The molecule has 0 unspecified atom stereocenters. The molecule has 336 valence electrons. The van der Waals surface area contributed by atoms with Crippen molar-refractivity contribution in [2.75, 3.05) is 4.90 Å². The van der Waals surface area contributed by atoms with Gasteiger partial charge in [0.2, 0.25) is 0 Å². The first-order valence-electron chi connectivity index (χ1n) is 24.6. The minimum atomic E-state index is 0.833. The van der Waals surface area contributed by atoms with E-state index in [-0.39, 0.29) is 0 Å². The second kappa shape index (κ2) is 16.0. The van der Waals surface area contributed by atoms with E-state index in [4.69, 9.17) is 8.83 Å². The molecule has 0 aliphatic heterocycles. The fourth-order valence-corrected chi connectivity index (χ4v) is 11.6. The highest BCUT2D eigenvalue weighted by atomic mass is 16.3. The zero-order valence-electron chi connectivity index (χ0n) is 39.0. The largest absolute Gasteiger partial charge is 0.455 e. The van der Waals surface area contributed by atoms with Gasteiger partial charge in [0, 0.05) is 55.0 Å². The summed E-state index contributed by atoms with van der Waals surface area (Å²) < 4.78 is 16.0. The van der Waals surface area contributed by atoms with Crippen LogP contribution in [0.25, 0.3) is 126 Å². The highest BCUT2D eigenvalue weighted by Gasteiger charge is 2.25. The Hall–Kier alpha value is -9.64. The van der Waals surface area contributed by atoms with Gasteiger partial charge in [0.05, 0.1) is 27.8 Å². The minimum Gasteiger partial charge on any atom is -0.455 e. The van der Waals surface area contributed by atoms with Crippen LogP contribution in [0.3, 0.4) is 0 Å². The lowest BCUT2D eigenvalue weighted by molar-refractivity contribution is 0.669. The average molecular weight is 919 g/mol. The Bertz CT molecular complexity index is 4580. The van der Waals surface area contributed by atoms with E-state index >= 15 is 0 Å². The van der Waals surface area contributed by atoms with Crippen molar-refractivity contribution in [1.29, 1.82) is 0 Å². The molecule has 0 bridgehead atoms. The molecule has 0 aliphatic carbocycles. The second-order valence-electron chi connectivity index (χ2n) is 18.7. The third kappa shape index (κ3) is 6.12. The summed E-state index contributed by atoms with van der Waals surface area (Å²) in [6, 6.07) is 91.6. The first-order valence-corrected chi connectivity index (χ1v) is 24.6. The van der Waals surface area contributed by atoms with E-state index in [0.717, 1.165) is 105 Å². The Kier molecular flexibility index (Phi) is 8.92. The predicted octanol–water partition coefficient (Wildman–Crippen LogP) is 19.4. The maximum Gasteiger partial charge on any atom is 0.145 e. The normalized spacial score (nSPS) is 11.9. The lowest BCUT2D eigenvalue weighted by Crippen LogP contribution is -2.10. The molecule has 12 aromatic carbocycles. The molecule has 72 heavy (non-hydrogen) atoms. The lowest BCUT2D eigenvalue weighted by Gasteiger charge is -2.27. The van der Waals surface area contributed by atoms with Gasteiger partial charge in [-0.05, 0) is 111 Å². The summed E-state index contributed by atoms with van der Waals surface area (Å²) in [5.74, 6) is 0. The standard InChI is InChI=1S/C68H42N2O2/c1-2-17-48-45(16-1)42-59(51-19-4-3-18-50(48)51)44-34-38-47(39-35-44)69(46-36-32-43(33-37-46)49-25-15-26-56-55-23-8-13-30-64(55)71-67(49)56)63-41-40-57(68-66(63)58-24-9-14-31-65(58)72-68)54-22-7-12-29-62(54)70-60-27-10-5-20-52(60)53-21-6-11-28-61(53)70/h1-42H. The summed E-state index contributed by atoms with van der Waals surface area (Å²) in [7, 11) is 0. The Morgan fingerprint density at radius 2 is 0.819 bits per heavy atom. The molecule has 0 N–H and O–H groups in total. The third-order valence-corrected chi connectivity index (χ3v) is 14.8. The Balaban J connectivity index is 0.939. The molecule has 0 aliphatic rings. The van der Waals surface area contributed by atoms with Crippen molar-refractivity contribution in [2.45, 2.75) is 0 Å². The van der Waals surface area contributed by atoms with Gasteiger partial charge in [0.15, 0.2) is 0 Å². The Morgan fingerprint density at radius 1 is 0.306 bits per heavy atom. The number of aromatic nitrogens is 1. The first-order chi connectivity index (χ1) is 35.7. The zero-order chi connectivity index (χ0) is 47.3. The van der Waals surface area contributed by atoms with E-state index in [9.17, 15) is 0 Å². The van der Waals surface area contributed by atoms with Gasteiger partial charge in [-0.1, -0.05) is 182 Å². The quantitative estimate of drug-likeness (QED) is 0.149. The van der Waals surface area contributed by atoms with E-state index in [2.05, 4.69) is 252 Å². The fourth-order valence-electron chi connectivity index (χ4n) is 11.6. The summed E-state index contributed by atoms with van der Waals surface area (Å²) in [6.07, 6.45) is 0. The van der Waals surface area contributed by atoms with Crippen molar-refractivity contribution in [3.63, 3.8) is 0 Å². The average Bonchev–Trinajstić information content (AvgIpc) is 4.14. The lowest BCUT2D eigenvalue weighted by atomic mass is 9.93. The zero-order valence-corrected chi connectivity index (χ0v) is 39.0. The molecule has 0 saturated heterocycles. The highest BCUT2D eigenvalue weighted by molar-refractivity contribution is 6.19. The first kappa shape index (κ1) is 40.3. The van der Waals surface area contributed by atoms with Crippen LogP contribution >= 0.6 is 0 Å². The minimum absolute atomic E-state index is 0.833. The molecule has 0 radical (unpaired) electrons. The number of furan rings is 2. The van der Waals surface area contributed by atoms with Gasteiger partial charge in [-0.3, -0.25) is 0 Å². The topological polar surface area (TPSA) is 34.5 Å². The van der Waals surface area contributed by atoms with Crippen LogP contribution < -0.4 is 4.90 Å². The maximum atomic E-state index is 7.10. The van der Waals surface area contributed by atoms with Crippen molar-refractivity contribution >= 4 is 104 Å². The third-order valence-electron chi connectivity index (χ3n) is 14.8. The highest BCUT2D eigenvalue weighted by Crippen LogP contribution is 2.49. The van der Waals surface area contributed by atoms with E-state index < -0.39 is 0 Å². The monoisotopic (exact) mass is 918 g/mol. The molecule has 4 nitrogen and oxygen atoms in total. The van der Waals surface area contributed by atoms with Gasteiger partial charge < -0.3 is 18.3 Å². The SMILES string of the molecule is c1ccc(-n2c3ccccc3c3ccccc32)c(-c2ccc(N(c3ccc(-c4cc5ccccc5c5ccccc45)cc3)c3ccc(-c4cccc5c4oc4ccccc45)cc3)c3c2oc2ccccc23)c1. The number of rotatable bonds is 7. The molecule has 3 heterocycles. The van der Waals surface area contributed by atoms with Gasteiger partial charge in [-0.25, -0.2) is 0 Å². The smallest absolute Gasteiger partial charge is 0.145 e. The summed E-state index contributed by atoms with van der Waals surface area (Å²) in [4.78, 5) is 2.39. The van der Waals surface area contributed by atoms with Gasteiger partial charge >= 0.3 is 0 Å². The van der Waals surface area contributed by atoms with Crippen LogP contribution in [0, 0.1) is 0 Å². The summed E-state index contributed by atoms with van der Waals surface area (Å²) in [5, 5.41) is 11.8. The van der Waals surface area contributed by atoms with Crippen molar-refractivity contribution in [2.24, 2.45) is 0 Å². The van der Waals surface area contributed by atoms with Crippen LogP contribution in [0.15, 0.2) is 264 Å². The molecule has 15 rings (SSSR count). The molecule has 15 aromatic rings. The molecule has 0 fully saturated rings. The number of nitrogens with zero attached hydrogens (tertiary/aromatic N) is 2. The van der Waals surface area contributed by atoms with E-state index in [0.29, 0.717) is 0 Å². The van der Waals surface area contributed by atoms with Crippen LogP contribution in [0.1, 0.15) is 0 Å². The van der Waals surface area contributed by atoms with Crippen LogP contribution in [0.2, 0.25) is 0 Å². The van der Waals surface area contributed by atoms with E-state index in [1.54, 1.807) is 0 Å². The van der Waals surface area contributed by atoms with E-state index in [1.165, 1.54) is 37.9 Å². The number of anilines is 3. The van der Waals surface area contributed by atoms with Crippen LogP contribution in [-0.4, -0.2) is 4.57 Å². The maximum absolute atomic E-state index is 7.10. The van der Waals surface area contributed by atoms with Crippen molar-refractivity contribution < 1.29 is 8.83 Å².